The molecule has 0 radical (unpaired) electrons. The molecule has 1 aromatic carbocycles. The average molecular weight is 367 g/mol. The first-order chi connectivity index (χ1) is 13.2. The van der Waals surface area contributed by atoms with E-state index >= 15 is 0 Å². The minimum absolute atomic E-state index is 0.675. The zero-order chi connectivity index (χ0) is 18.8. The summed E-state index contributed by atoms with van der Waals surface area (Å²) in [5.41, 5.74) is 3.40. The van der Waals surface area contributed by atoms with Crippen molar-refractivity contribution in [2.75, 3.05) is 34.4 Å². The van der Waals surface area contributed by atoms with Gasteiger partial charge in [-0.25, -0.2) is 0 Å². The van der Waals surface area contributed by atoms with Gasteiger partial charge < -0.3 is 19.4 Å². The zero-order valence-electron chi connectivity index (χ0n) is 16.5. The lowest BCUT2D eigenvalue weighted by molar-refractivity contribution is 0.268. The SMILES string of the molecule is COc1cc2c(cc1OCCCN(C)C)[nH]c1ccnc(CCC3CC3)c12. The van der Waals surface area contributed by atoms with Crippen LogP contribution in [0.5, 0.6) is 11.5 Å². The number of methoxy groups -OCH3 is 1. The Morgan fingerprint density at radius 1 is 1.19 bits per heavy atom. The fourth-order valence-electron chi connectivity index (χ4n) is 3.70. The minimum Gasteiger partial charge on any atom is -0.493 e. The van der Waals surface area contributed by atoms with Crippen molar-refractivity contribution in [3.8, 4) is 11.5 Å². The Hall–Kier alpha value is -2.27. The van der Waals surface area contributed by atoms with Crippen molar-refractivity contribution in [3.05, 3.63) is 30.1 Å². The van der Waals surface area contributed by atoms with Crippen LogP contribution in [-0.4, -0.2) is 49.2 Å². The van der Waals surface area contributed by atoms with Gasteiger partial charge in [0.25, 0.3) is 0 Å². The van der Waals surface area contributed by atoms with Crippen molar-refractivity contribution in [1.82, 2.24) is 14.9 Å². The Balaban J connectivity index is 1.65. The Morgan fingerprint density at radius 3 is 2.78 bits per heavy atom. The summed E-state index contributed by atoms with van der Waals surface area (Å²) >= 11 is 0. The Labute approximate surface area is 160 Å². The fourth-order valence-corrected chi connectivity index (χ4v) is 3.70. The van der Waals surface area contributed by atoms with Crippen LogP contribution in [0.2, 0.25) is 0 Å². The van der Waals surface area contributed by atoms with Crippen LogP contribution in [0.25, 0.3) is 21.8 Å². The van der Waals surface area contributed by atoms with Crippen LogP contribution in [0.3, 0.4) is 0 Å². The summed E-state index contributed by atoms with van der Waals surface area (Å²) in [6, 6.07) is 6.21. The number of ether oxygens (including phenoxy) is 2. The highest BCUT2D eigenvalue weighted by Crippen LogP contribution is 2.38. The molecule has 2 heterocycles. The minimum atomic E-state index is 0.675. The Morgan fingerprint density at radius 2 is 2.04 bits per heavy atom. The summed E-state index contributed by atoms with van der Waals surface area (Å²) in [5, 5.41) is 2.40. The number of H-pyrrole nitrogens is 1. The highest BCUT2D eigenvalue weighted by Gasteiger charge is 2.22. The van der Waals surface area contributed by atoms with Gasteiger partial charge in [-0.3, -0.25) is 4.98 Å². The molecule has 0 atom stereocenters. The summed E-state index contributed by atoms with van der Waals surface area (Å²) < 4.78 is 11.6. The van der Waals surface area contributed by atoms with Crippen LogP contribution >= 0.6 is 0 Å². The number of fused-ring (bicyclic) bond motifs is 3. The lowest BCUT2D eigenvalue weighted by atomic mass is 10.1. The monoisotopic (exact) mass is 367 g/mol. The Kier molecular flexibility index (Phi) is 5.21. The molecule has 1 saturated carbocycles. The molecule has 5 heteroatoms. The van der Waals surface area contributed by atoms with Gasteiger partial charge in [-0.2, -0.15) is 0 Å². The largest absolute Gasteiger partial charge is 0.493 e. The molecule has 1 N–H and O–H groups in total. The van der Waals surface area contributed by atoms with Crippen LogP contribution in [0, 0.1) is 5.92 Å². The van der Waals surface area contributed by atoms with E-state index in [1.807, 2.05) is 6.20 Å². The second-order valence-electron chi connectivity index (χ2n) is 7.84. The number of pyridine rings is 1. The molecular formula is C22H29N3O2. The molecule has 0 spiro atoms. The maximum Gasteiger partial charge on any atom is 0.163 e. The van der Waals surface area contributed by atoms with Crippen molar-refractivity contribution < 1.29 is 9.47 Å². The lowest BCUT2D eigenvalue weighted by Crippen LogP contribution is -2.15. The second-order valence-corrected chi connectivity index (χ2v) is 7.84. The summed E-state index contributed by atoms with van der Waals surface area (Å²) in [6.45, 7) is 1.68. The number of rotatable bonds is 9. The van der Waals surface area contributed by atoms with Gasteiger partial charge in [0.2, 0.25) is 0 Å². The highest BCUT2D eigenvalue weighted by atomic mass is 16.5. The third-order valence-electron chi connectivity index (χ3n) is 5.37. The molecule has 1 fully saturated rings. The molecule has 0 amide bonds. The van der Waals surface area contributed by atoms with E-state index in [1.54, 1.807) is 7.11 Å². The fraction of sp³-hybridized carbons (Fsp3) is 0.500. The Bertz CT molecular complexity index is 928. The van der Waals surface area contributed by atoms with Gasteiger partial charge in [-0.1, -0.05) is 12.8 Å². The molecule has 1 aliphatic rings. The standard InChI is InChI=1S/C22H29N3O2/c1-25(2)11-4-12-27-21-14-19-16(13-20(21)26-3)22-17(8-7-15-5-6-15)23-10-9-18(22)24-19/h9-10,13-15,24H,4-8,11-12H2,1-3H3. The van der Waals surface area contributed by atoms with E-state index in [4.69, 9.17) is 9.47 Å². The normalized spacial score (nSPS) is 14.4. The third kappa shape index (κ3) is 4.03. The van der Waals surface area contributed by atoms with Crippen molar-refractivity contribution in [2.24, 2.45) is 5.92 Å². The van der Waals surface area contributed by atoms with Crippen LogP contribution in [0.1, 0.15) is 31.4 Å². The van der Waals surface area contributed by atoms with Gasteiger partial charge in [-0.05, 0) is 51.4 Å². The summed E-state index contributed by atoms with van der Waals surface area (Å²) in [4.78, 5) is 10.4. The van der Waals surface area contributed by atoms with Crippen LogP contribution < -0.4 is 9.47 Å². The third-order valence-corrected chi connectivity index (χ3v) is 5.37. The maximum absolute atomic E-state index is 6.01. The van der Waals surface area contributed by atoms with Gasteiger partial charge in [0.05, 0.1) is 24.9 Å². The molecule has 0 unspecified atom stereocenters. The predicted molar refractivity (Wildman–Crippen MR) is 110 cm³/mol. The molecule has 4 rings (SSSR count). The first-order valence-corrected chi connectivity index (χ1v) is 9.90. The van der Waals surface area contributed by atoms with E-state index in [0.717, 1.165) is 47.8 Å². The van der Waals surface area contributed by atoms with Gasteiger partial charge in [-0.15, -0.1) is 0 Å². The van der Waals surface area contributed by atoms with E-state index in [0.29, 0.717) is 6.61 Å². The van der Waals surface area contributed by atoms with Crippen LogP contribution in [-0.2, 0) is 6.42 Å². The average Bonchev–Trinajstić information content (AvgIpc) is 3.42. The molecule has 0 aliphatic heterocycles. The van der Waals surface area contributed by atoms with Gasteiger partial charge in [0, 0.05) is 35.1 Å². The molecule has 144 valence electrons. The first kappa shape index (κ1) is 18.1. The topological polar surface area (TPSA) is 50.4 Å². The van der Waals surface area contributed by atoms with Crippen molar-refractivity contribution in [2.45, 2.75) is 32.1 Å². The van der Waals surface area contributed by atoms with E-state index in [1.165, 1.54) is 35.7 Å². The zero-order valence-corrected chi connectivity index (χ0v) is 16.5. The number of aromatic amines is 1. The first-order valence-electron chi connectivity index (χ1n) is 9.90. The molecule has 0 bridgehead atoms. The molecule has 0 saturated heterocycles. The van der Waals surface area contributed by atoms with E-state index < -0.39 is 0 Å². The quantitative estimate of drug-likeness (QED) is 0.570. The summed E-state index contributed by atoms with van der Waals surface area (Å²) in [5.74, 6) is 2.48. The smallest absolute Gasteiger partial charge is 0.163 e. The van der Waals surface area contributed by atoms with Gasteiger partial charge in [0.15, 0.2) is 11.5 Å². The predicted octanol–water partition coefficient (Wildman–Crippen LogP) is 4.40. The van der Waals surface area contributed by atoms with E-state index in [9.17, 15) is 0 Å². The number of hydrogen-bond donors (Lipinski definition) is 1. The van der Waals surface area contributed by atoms with Crippen LogP contribution in [0.15, 0.2) is 24.4 Å². The number of aryl methyl sites for hydroxylation is 1. The van der Waals surface area contributed by atoms with E-state index in [2.05, 4.69) is 47.2 Å². The molecule has 5 nitrogen and oxygen atoms in total. The molecule has 27 heavy (non-hydrogen) atoms. The number of benzene rings is 1. The highest BCUT2D eigenvalue weighted by molar-refractivity contribution is 6.09. The number of aromatic nitrogens is 2. The van der Waals surface area contributed by atoms with Crippen molar-refractivity contribution in [3.63, 3.8) is 0 Å². The molecule has 3 aromatic rings. The molecular weight excluding hydrogens is 338 g/mol. The number of hydrogen-bond acceptors (Lipinski definition) is 4. The summed E-state index contributed by atoms with van der Waals surface area (Å²) in [6.07, 6.45) is 7.94. The van der Waals surface area contributed by atoms with Crippen molar-refractivity contribution in [1.29, 1.82) is 0 Å². The summed E-state index contributed by atoms with van der Waals surface area (Å²) in [7, 11) is 5.85. The number of nitrogens with one attached hydrogen (secondary N) is 1. The van der Waals surface area contributed by atoms with Gasteiger partial charge >= 0.3 is 0 Å². The van der Waals surface area contributed by atoms with E-state index in [-0.39, 0.29) is 0 Å². The van der Waals surface area contributed by atoms with Crippen LogP contribution in [0.4, 0.5) is 0 Å². The molecule has 1 aliphatic carbocycles. The lowest BCUT2D eigenvalue weighted by Gasteiger charge is -2.13. The molecule has 2 aromatic heterocycles. The number of nitrogens with zero attached hydrogens (tertiary/aromatic N) is 2. The van der Waals surface area contributed by atoms with Crippen molar-refractivity contribution >= 4 is 21.8 Å². The van der Waals surface area contributed by atoms with Gasteiger partial charge in [0.1, 0.15) is 0 Å². The second kappa shape index (κ2) is 7.77. The maximum atomic E-state index is 6.01.